The Kier molecular flexibility index (Phi) is 10.7. The van der Waals surface area contributed by atoms with E-state index < -0.39 is 5.09 Å². The molecule has 0 aliphatic heterocycles. The van der Waals surface area contributed by atoms with Crippen LogP contribution in [0.3, 0.4) is 0 Å². The highest BCUT2D eigenvalue weighted by molar-refractivity contribution is 4.43. The van der Waals surface area contributed by atoms with Crippen LogP contribution in [-0.4, -0.2) is 34.8 Å². The van der Waals surface area contributed by atoms with Crippen molar-refractivity contribution in [2.75, 3.05) is 19.6 Å². The molecular formula is C6H16N2O3. The normalized spacial score (nSPS) is 8.73. The molecule has 0 rings (SSSR count). The summed E-state index contributed by atoms with van der Waals surface area (Å²) >= 11 is 0. The van der Waals surface area contributed by atoms with Gasteiger partial charge in [0.05, 0.1) is 0 Å². The Morgan fingerprint density at radius 2 is 1.45 bits per heavy atom. The molecule has 5 nitrogen and oxygen atoms in total. The second-order valence-electron chi connectivity index (χ2n) is 1.86. The van der Waals surface area contributed by atoms with Crippen molar-refractivity contribution < 1.29 is 10.3 Å². The fourth-order valence-corrected chi connectivity index (χ4v) is 0.671. The van der Waals surface area contributed by atoms with Crippen molar-refractivity contribution in [2.45, 2.75) is 20.8 Å². The summed E-state index contributed by atoms with van der Waals surface area (Å²) in [7, 11) is 0. The summed E-state index contributed by atoms with van der Waals surface area (Å²) in [6, 6.07) is 0. The molecule has 0 saturated carbocycles. The summed E-state index contributed by atoms with van der Waals surface area (Å²) in [5.74, 6) is 0. The van der Waals surface area contributed by atoms with E-state index in [1.165, 1.54) is 19.6 Å². The maximum absolute atomic E-state index is 8.36. The minimum absolute atomic E-state index is 1.19. The van der Waals surface area contributed by atoms with E-state index in [1.807, 2.05) is 0 Å². The third kappa shape index (κ3) is 17.6. The van der Waals surface area contributed by atoms with E-state index in [0.29, 0.717) is 0 Å². The summed E-state index contributed by atoms with van der Waals surface area (Å²) in [5, 5.41) is 13.6. The Morgan fingerprint density at radius 3 is 1.45 bits per heavy atom. The highest BCUT2D eigenvalue weighted by atomic mass is 16.9. The SMILES string of the molecule is CCN(CC)CC.O=[N+]([O-])O. The Morgan fingerprint density at radius 1 is 1.27 bits per heavy atom. The van der Waals surface area contributed by atoms with Gasteiger partial charge in [0.2, 0.25) is 0 Å². The third-order valence-corrected chi connectivity index (χ3v) is 1.34. The van der Waals surface area contributed by atoms with Crippen molar-refractivity contribution >= 4 is 0 Å². The number of rotatable bonds is 3. The molecule has 0 radical (unpaired) electrons. The fourth-order valence-electron chi connectivity index (χ4n) is 0.671. The van der Waals surface area contributed by atoms with Gasteiger partial charge in [-0.3, -0.25) is 0 Å². The zero-order valence-corrected chi connectivity index (χ0v) is 7.28. The summed E-state index contributed by atoms with van der Waals surface area (Å²) in [5.41, 5.74) is 0. The average Bonchev–Trinajstić information content (AvgIpc) is 1.90. The van der Waals surface area contributed by atoms with E-state index in [-0.39, 0.29) is 0 Å². The first-order valence-electron chi connectivity index (χ1n) is 3.64. The average molecular weight is 164 g/mol. The summed E-state index contributed by atoms with van der Waals surface area (Å²) in [6.45, 7) is 10.1. The standard InChI is InChI=1S/C6H15N.HNO3/c1-4-7(5-2)6-3;2-1(3)4/h4-6H2,1-3H3;(H,2,3,4). The molecule has 11 heavy (non-hydrogen) atoms. The molecule has 0 aliphatic carbocycles. The molecule has 0 aliphatic rings. The molecule has 0 unspecified atom stereocenters. The molecule has 0 saturated heterocycles. The molecule has 1 N–H and O–H groups in total. The van der Waals surface area contributed by atoms with Gasteiger partial charge in [-0.15, -0.1) is 10.1 Å². The summed E-state index contributed by atoms with van der Waals surface area (Å²) in [4.78, 5) is 10.7. The second-order valence-corrected chi connectivity index (χ2v) is 1.86. The van der Waals surface area contributed by atoms with Crippen molar-refractivity contribution in [1.82, 2.24) is 4.90 Å². The Balaban J connectivity index is 0. The predicted molar refractivity (Wildman–Crippen MR) is 42.2 cm³/mol. The van der Waals surface area contributed by atoms with Crippen molar-refractivity contribution in [3.05, 3.63) is 10.1 Å². The molecule has 5 heteroatoms. The van der Waals surface area contributed by atoms with Crippen LogP contribution in [0.4, 0.5) is 0 Å². The minimum atomic E-state index is -1.50. The van der Waals surface area contributed by atoms with Crippen LogP contribution in [0.25, 0.3) is 0 Å². The van der Waals surface area contributed by atoms with E-state index in [2.05, 4.69) is 25.7 Å². The topological polar surface area (TPSA) is 66.6 Å². The number of hydrogen-bond acceptors (Lipinski definition) is 3. The van der Waals surface area contributed by atoms with Crippen LogP contribution < -0.4 is 0 Å². The van der Waals surface area contributed by atoms with Gasteiger partial charge in [0, 0.05) is 0 Å². The molecule has 0 heterocycles. The zero-order valence-electron chi connectivity index (χ0n) is 7.28. The number of hydrogen-bond donors (Lipinski definition) is 1. The maximum atomic E-state index is 8.36. The van der Waals surface area contributed by atoms with E-state index in [4.69, 9.17) is 15.3 Å². The molecule has 68 valence electrons. The molecule has 0 fully saturated rings. The lowest BCUT2D eigenvalue weighted by atomic mass is 10.5. The largest absolute Gasteiger partial charge is 0.328 e. The number of nitrogens with zero attached hydrogens (tertiary/aromatic N) is 2. The minimum Gasteiger partial charge on any atom is -0.328 e. The Labute approximate surface area is 66.7 Å². The van der Waals surface area contributed by atoms with Crippen LogP contribution in [-0.2, 0) is 0 Å². The lowest BCUT2D eigenvalue weighted by Crippen LogP contribution is -2.21. The second kappa shape index (κ2) is 9.16. The zero-order chi connectivity index (χ0) is 9.28. The molecule has 0 aromatic rings. The Hall–Kier alpha value is -0.840. The van der Waals surface area contributed by atoms with Crippen LogP contribution in [0.5, 0.6) is 0 Å². The molecule has 0 aromatic heterocycles. The fraction of sp³-hybridized carbons (Fsp3) is 1.00. The van der Waals surface area contributed by atoms with Gasteiger partial charge in [0.1, 0.15) is 0 Å². The highest BCUT2D eigenvalue weighted by Gasteiger charge is 1.89. The van der Waals surface area contributed by atoms with Gasteiger partial charge in [-0.2, -0.15) is 0 Å². The molecule has 0 amide bonds. The van der Waals surface area contributed by atoms with E-state index in [9.17, 15) is 0 Å². The first kappa shape index (κ1) is 12.8. The van der Waals surface area contributed by atoms with Gasteiger partial charge in [-0.05, 0) is 19.6 Å². The van der Waals surface area contributed by atoms with Gasteiger partial charge in [-0.25, -0.2) is 0 Å². The lowest BCUT2D eigenvalue weighted by molar-refractivity contribution is -0.742. The van der Waals surface area contributed by atoms with Crippen LogP contribution >= 0.6 is 0 Å². The monoisotopic (exact) mass is 164 g/mol. The summed E-state index contributed by atoms with van der Waals surface area (Å²) < 4.78 is 0. The lowest BCUT2D eigenvalue weighted by Gasteiger charge is -2.13. The third-order valence-electron chi connectivity index (χ3n) is 1.34. The smallest absolute Gasteiger partial charge is 0.291 e. The molecule has 0 atom stereocenters. The van der Waals surface area contributed by atoms with Gasteiger partial charge >= 0.3 is 0 Å². The Bertz CT molecular complexity index is 84.3. The quantitative estimate of drug-likeness (QED) is 0.499. The van der Waals surface area contributed by atoms with Crippen molar-refractivity contribution in [2.24, 2.45) is 0 Å². The van der Waals surface area contributed by atoms with Crippen molar-refractivity contribution in [3.63, 3.8) is 0 Å². The van der Waals surface area contributed by atoms with Crippen LogP contribution in [0, 0.1) is 10.1 Å². The first-order valence-corrected chi connectivity index (χ1v) is 3.64. The van der Waals surface area contributed by atoms with Crippen molar-refractivity contribution in [1.29, 1.82) is 0 Å². The predicted octanol–water partition coefficient (Wildman–Crippen LogP) is 1.00. The van der Waals surface area contributed by atoms with Gasteiger partial charge in [-0.1, -0.05) is 20.8 Å². The van der Waals surface area contributed by atoms with Crippen LogP contribution in [0.15, 0.2) is 0 Å². The summed E-state index contributed by atoms with van der Waals surface area (Å²) in [6.07, 6.45) is 0. The molecule has 0 aromatic carbocycles. The highest BCUT2D eigenvalue weighted by Crippen LogP contribution is 1.81. The van der Waals surface area contributed by atoms with Gasteiger partial charge < -0.3 is 10.1 Å². The van der Waals surface area contributed by atoms with Crippen LogP contribution in [0.2, 0.25) is 0 Å². The molecular weight excluding hydrogens is 148 g/mol. The maximum Gasteiger partial charge on any atom is 0.291 e. The van der Waals surface area contributed by atoms with E-state index in [0.717, 1.165) is 0 Å². The van der Waals surface area contributed by atoms with Crippen molar-refractivity contribution in [3.8, 4) is 0 Å². The van der Waals surface area contributed by atoms with Gasteiger partial charge in [0.25, 0.3) is 5.09 Å². The molecule has 0 spiro atoms. The van der Waals surface area contributed by atoms with Crippen LogP contribution in [0.1, 0.15) is 20.8 Å². The van der Waals surface area contributed by atoms with Gasteiger partial charge in [0.15, 0.2) is 0 Å². The first-order chi connectivity index (χ1) is 5.08. The van der Waals surface area contributed by atoms with E-state index >= 15 is 0 Å². The van der Waals surface area contributed by atoms with E-state index in [1.54, 1.807) is 0 Å². The molecule has 0 bridgehead atoms.